The number of benzene rings is 7. The Morgan fingerprint density at radius 3 is 1.85 bits per heavy atom. The monoisotopic (exact) mass is 604 g/mol. The number of rotatable bonds is 5. The number of pyridine rings is 1. The van der Waals surface area contributed by atoms with Gasteiger partial charge in [0.15, 0.2) is 5.82 Å². The molecule has 0 N–H and O–H groups in total. The van der Waals surface area contributed by atoms with Crippen LogP contribution in [0.1, 0.15) is 0 Å². The highest BCUT2D eigenvalue weighted by Gasteiger charge is 2.22. The molecule has 9 aromatic rings. The average molecular weight is 605 g/mol. The molecule has 0 saturated carbocycles. The van der Waals surface area contributed by atoms with Crippen molar-refractivity contribution in [1.29, 1.82) is 0 Å². The first kappa shape index (κ1) is 26.6. The normalized spacial score (nSPS) is 11.5. The van der Waals surface area contributed by atoms with Crippen molar-refractivity contribution in [1.82, 2.24) is 4.98 Å². The van der Waals surface area contributed by atoms with Gasteiger partial charge in [0.2, 0.25) is 0 Å². The number of hydrogen-bond acceptors (Lipinski definition) is 3. The molecule has 0 spiro atoms. The highest BCUT2D eigenvalue weighted by Crippen LogP contribution is 2.47. The van der Waals surface area contributed by atoms with Crippen molar-refractivity contribution in [3.8, 4) is 22.3 Å². The van der Waals surface area contributed by atoms with Crippen molar-refractivity contribution in [2.45, 2.75) is 0 Å². The third-order valence-corrected chi connectivity index (χ3v) is 10.1. The predicted octanol–water partition coefficient (Wildman–Crippen LogP) is 12.6. The number of aromatic nitrogens is 1. The van der Waals surface area contributed by atoms with E-state index in [0.29, 0.717) is 0 Å². The van der Waals surface area contributed by atoms with Gasteiger partial charge in [-0.25, -0.2) is 4.98 Å². The number of hydrogen-bond donors (Lipinski definition) is 0. The molecule has 0 radical (unpaired) electrons. The van der Waals surface area contributed by atoms with E-state index in [1.165, 1.54) is 64.0 Å². The molecule has 0 amide bonds. The topological polar surface area (TPSA) is 16.1 Å². The van der Waals surface area contributed by atoms with Gasteiger partial charge in [-0.15, -0.1) is 11.3 Å². The van der Waals surface area contributed by atoms with Crippen LogP contribution in [0.4, 0.5) is 17.2 Å². The average Bonchev–Trinajstić information content (AvgIpc) is 3.50. The van der Waals surface area contributed by atoms with Crippen molar-refractivity contribution in [2.75, 3.05) is 4.90 Å². The van der Waals surface area contributed by atoms with Crippen LogP contribution >= 0.6 is 11.3 Å². The van der Waals surface area contributed by atoms with Crippen LogP contribution in [0, 0.1) is 0 Å². The van der Waals surface area contributed by atoms with Crippen LogP contribution < -0.4 is 4.90 Å². The van der Waals surface area contributed by atoms with Gasteiger partial charge >= 0.3 is 0 Å². The van der Waals surface area contributed by atoms with Crippen molar-refractivity contribution >= 4 is 70.2 Å². The zero-order valence-corrected chi connectivity index (χ0v) is 25.8. The van der Waals surface area contributed by atoms with E-state index in [0.717, 1.165) is 17.2 Å². The molecular formula is C43H28N2S. The summed E-state index contributed by atoms with van der Waals surface area (Å²) in [6.45, 7) is 0. The summed E-state index contributed by atoms with van der Waals surface area (Å²) in [6, 6.07) is 58.8. The second-order valence-electron chi connectivity index (χ2n) is 11.6. The van der Waals surface area contributed by atoms with Crippen LogP contribution in [-0.2, 0) is 0 Å². The van der Waals surface area contributed by atoms with Crippen molar-refractivity contribution in [3.05, 3.63) is 170 Å². The summed E-state index contributed by atoms with van der Waals surface area (Å²) < 4.78 is 2.45. The van der Waals surface area contributed by atoms with E-state index in [2.05, 4.69) is 169 Å². The Balaban J connectivity index is 1.30. The molecule has 7 aromatic carbocycles. The molecule has 0 aliphatic heterocycles. The smallest absolute Gasteiger partial charge is 0.155 e. The van der Waals surface area contributed by atoms with Gasteiger partial charge in [-0.2, -0.15) is 0 Å². The third kappa shape index (κ3) is 4.44. The highest BCUT2D eigenvalue weighted by molar-refractivity contribution is 7.26. The number of anilines is 3. The fourth-order valence-corrected chi connectivity index (χ4v) is 7.90. The molecule has 46 heavy (non-hydrogen) atoms. The zero-order valence-electron chi connectivity index (χ0n) is 25.0. The van der Waals surface area contributed by atoms with E-state index >= 15 is 0 Å². The van der Waals surface area contributed by atoms with Crippen LogP contribution in [-0.4, -0.2) is 4.98 Å². The third-order valence-electron chi connectivity index (χ3n) is 8.91. The van der Waals surface area contributed by atoms with Gasteiger partial charge in [-0.05, 0) is 74.8 Å². The van der Waals surface area contributed by atoms with Crippen molar-refractivity contribution in [2.24, 2.45) is 0 Å². The first-order valence-corrected chi connectivity index (χ1v) is 16.4. The lowest BCUT2D eigenvalue weighted by Crippen LogP contribution is -2.12. The van der Waals surface area contributed by atoms with Crippen LogP contribution in [0.15, 0.2) is 170 Å². The minimum Gasteiger partial charge on any atom is -0.293 e. The lowest BCUT2D eigenvalue weighted by Gasteiger charge is -2.27. The molecule has 0 aliphatic rings. The largest absolute Gasteiger partial charge is 0.293 e. The number of nitrogens with zero attached hydrogens (tertiary/aromatic N) is 2. The molecule has 9 rings (SSSR count). The second-order valence-corrected chi connectivity index (χ2v) is 12.7. The predicted molar refractivity (Wildman–Crippen MR) is 198 cm³/mol. The molecule has 0 saturated heterocycles. The summed E-state index contributed by atoms with van der Waals surface area (Å²) in [5.41, 5.74) is 6.99. The molecule has 2 nitrogen and oxygen atoms in total. The molecule has 0 atom stereocenters. The SMILES string of the molecule is c1ccc(-c2ccc(N(c3ccc(-c4ccccc4)c4ccccc34)c3nccc4c3sc3cc5ccccc5cc34)cc2)cc1. The summed E-state index contributed by atoms with van der Waals surface area (Å²) in [5, 5.41) is 7.40. The lowest BCUT2D eigenvalue weighted by molar-refractivity contribution is 1.21. The standard InChI is InChI=1S/C43H28N2S/c1-3-11-29(12-4-1)30-19-21-34(22-20-30)45(40-24-23-35(31-13-5-2-6-14-31)36-17-9-10-18-37(36)40)43-42-38(25-26-44-43)39-27-32-15-7-8-16-33(32)28-41(39)46-42/h1-28H. The van der Waals surface area contributed by atoms with E-state index in [4.69, 9.17) is 4.98 Å². The van der Waals surface area contributed by atoms with Crippen LogP contribution in [0.25, 0.3) is 64.0 Å². The molecule has 0 unspecified atom stereocenters. The Kier molecular flexibility index (Phi) is 6.36. The van der Waals surface area contributed by atoms with E-state index in [-0.39, 0.29) is 0 Å². The van der Waals surface area contributed by atoms with Gasteiger partial charge < -0.3 is 0 Å². The first-order chi connectivity index (χ1) is 22.8. The summed E-state index contributed by atoms with van der Waals surface area (Å²) >= 11 is 1.82. The Morgan fingerprint density at radius 1 is 0.457 bits per heavy atom. The Labute approximate surface area is 271 Å². The van der Waals surface area contributed by atoms with Gasteiger partial charge in [0.1, 0.15) is 0 Å². The van der Waals surface area contributed by atoms with E-state index < -0.39 is 0 Å². The number of fused-ring (bicyclic) bond motifs is 5. The maximum absolute atomic E-state index is 5.13. The minimum absolute atomic E-state index is 0.938. The Hall–Kier alpha value is -5.77. The lowest BCUT2D eigenvalue weighted by atomic mass is 9.96. The fraction of sp³-hybridized carbons (Fsp3) is 0. The molecule has 216 valence electrons. The summed E-state index contributed by atoms with van der Waals surface area (Å²) in [6.07, 6.45) is 1.96. The summed E-state index contributed by atoms with van der Waals surface area (Å²) in [4.78, 5) is 7.48. The van der Waals surface area contributed by atoms with Gasteiger partial charge in [0.05, 0.1) is 10.4 Å². The summed E-state index contributed by atoms with van der Waals surface area (Å²) in [7, 11) is 0. The Bertz CT molecular complexity index is 2520. The maximum Gasteiger partial charge on any atom is 0.155 e. The highest BCUT2D eigenvalue weighted by atomic mass is 32.1. The van der Waals surface area contributed by atoms with Crippen molar-refractivity contribution < 1.29 is 0 Å². The maximum atomic E-state index is 5.13. The fourth-order valence-electron chi connectivity index (χ4n) is 6.69. The second kappa shape index (κ2) is 11.0. The molecule has 0 fully saturated rings. The van der Waals surface area contributed by atoms with Gasteiger partial charge in [-0.3, -0.25) is 4.90 Å². The molecule has 2 heterocycles. The van der Waals surface area contributed by atoms with Gasteiger partial charge in [0.25, 0.3) is 0 Å². The molecular weight excluding hydrogens is 577 g/mol. The van der Waals surface area contributed by atoms with Crippen LogP contribution in [0.2, 0.25) is 0 Å². The zero-order chi connectivity index (χ0) is 30.5. The molecule has 3 heteroatoms. The van der Waals surface area contributed by atoms with E-state index in [1.54, 1.807) is 0 Å². The van der Waals surface area contributed by atoms with Crippen LogP contribution in [0.5, 0.6) is 0 Å². The van der Waals surface area contributed by atoms with Crippen LogP contribution in [0.3, 0.4) is 0 Å². The summed E-state index contributed by atoms with van der Waals surface area (Å²) in [5.74, 6) is 0.938. The minimum atomic E-state index is 0.938. The molecule has 0 aliphatic carbocycles. The Morgan fingerprint density at radius 2 is 1.09 bits per heavy atom. The van der Waals surface area contributed by atoms with Crippen molar-refractivity contribution in [3.63, 3.8) is 0 Å². The first-order valence-electron chi connectivity index (χ1n) is 15.5. The van der Waals surface area contributed by atoms with E-state index in [1.807, 2.05) is 17.5 Å². The number of thiophene rings is 1. The molecule has 2 aromatic heterocycles. The van der Waals surface area contributed by atoms with Gasteiger partial charge in [0, 0.05) is 32.7 Å². The molecule has 0 bridgehead atoms. The quantitative estimate of drug-likeness (QED) is 0.194. The van der Waals surface area contributed by atoms with E-state index in [9.17, 15) is 0 Å². The van der Waals surface area contributed by atoms with Gasteiger partial charge in [-0.1, -0.05) is 127 Å².